The number of nitrogens with zero attached hydrogens (tertiary/aromatic N) is 1. The Kier molecular flexibility index (Phi) is 1.72. The average Bonchev–Trinajstić information content (AvgIpc) is 1.94. The van der Waals surface area contributed by atoms with Gasteiger partial charge in [-0.2, -0.15) is 0 Å². The lowest BCUT2D eigenvalue weighted by Crippen LogP contribution is -2.04. The highest BCUT2D eigenvalue weighted by Gasteiger charge is 2.11. The lowest BCUT2D eigenvalue weighted by molar-refractivity contribution is 0.0691. The zero-order valence-electron chi connectivity index (χ0n) is 5.41. The van der Waals surface area contributed by atoms with Crippen LogP contribution in [-0.4, -0.2) is 16.1 Å². The van der Waals surface area contributed by atoms with Gasteiger partial charge in [-0.3, -0.25) is 4.98 Å². The number of carboxylic acid groups (broad SMARTS) is 1. The van der Waals surface area contributed by atoms with Crippen LogP contribution < -0.4 is 5.73 Å². The van der Waals surface area contributed by atoms with Crippen molar-refractivity contribution in [2.24, 2.45) is 0 Å². The highest BCUT2D eigenvalue weighted by molar-refractivity contribution is 5.88. The minimum absolute atomic E-state index is 0.259. The first-order valence-corrected chi connectivity index (χ1v) is 2.75. The molecular formula is C6H5FN2O2. The summed E-state index contributed by atoms with van der Waals surface area (Å²) in [5.41, 5.74) is 4.29. The molecule has 0 bridgehead atoms. The summed E-state index contributed by atoms with van der Waals surface area (Å²) < 4.78 is 12.7. The van der Waals surface area contributed by atoms with E-state index in [4.69, 9.17) is 10.8 Å². The molecule has 0 atom stereocenters. The molecule has 0 aliphatic rings. The zero-order chi connectivity index (χ0) is 8.43. The Morgan fingerprint density at radius 3 is 2.73 bits per heavy atom. The Balaban J connectivity index is 3.27. The van der Waals surface area contributed by atoms with E-state index in [2.05, 4.69) is 4.98 Å². The third-order valence-electron chi connectivity index (χ3n) is 1.14. The standard InChI is InChI=1S/C6H5FN2O2/c7-5-3(6(10)11)1-9-2-4(5)8/h1-2H,8H2,(H,10,11). The largest absolute Gasteiger partial charge is 0.478 e. The number of halogens is 1. The number of aromatic nitrogens is 1. The van der Waals surface area contributed by atoms with E-state index in [1.54, 1.807) is 0 Å². The molecule has 0 radical (unpaired) electrons. The van der Waals surface area contributed by atoms with Gasteiger partial charge in [-0.05, 0) is 0 Å². The normalized spacial score (nSPS) is 9.55. The van der Waals surface area contributed by atoms with Crippen molar-refractivity contribution < 1.29 is 14.3 Å². The molecule has 58 valence electrons. The van der Waals surface area contributed by atoms with Crippen LogP contribution in [-0.2, 0) is 0 Å². The van der Waals surface area contributed by atoms with Crippen LogP contribution in [0.2, 0.25) is 0 Å². The molecule has 0 unspecified atom stereocenters. The average molecular weight is 156 g/mol. The van der Waals surface area contributed by atoms with E-state index < -0.39 is 17.3 Å². The zero-order valence-corrected chi connectivity index (χ0v) is 5.41. The molecule has 5 heteroatoms. The van der Waals surface area contributed by atoms with Crippen LogP contribution in [0.4, 0.5) is 10.1 Å². The first-order valence-electron chi connectivity index (χ1n) is 2.75. The summed E-state index contributed by atoms with van der Waals surface area (Å²) in [6.07, 6.45) is 1.97. The second-order valence-electron chi connectivity index (χ2n) is 1.90. The van der Waals surface area contributed by atoms with Crippen LogP contribution in [0.5, 0.6) is 0 Å². The Labute approximate surface area is 61.5 Å². The molecule has 0 spiro atoms. The topological polar surface area (TPSA) is 76.2 Å². The third kappa shape index (κ3) is 1.26. The molecule has 11 heavy (non-hydrogen) atoms. The van der Waals surface area contributed by atoms with Crippen molar-refractivity contribution in [2.75, 3.05) is 5.73 Å². The number of anilines is 1. The molecule has 1 aromatic rings. The number of rotatable bonds is 1. The van der Waals surface area contributed by atoms with E-state index in [-0.39, 0.29) is 5.69 Å². The summed E-state index contributed by atoms with van der Waals surface area (Å²) in [6, 6.07) is 0. The van der Waals surface area contributed by atoms with Crippen molar-refractivity contribution in [3.8, 4) is 0 Å². The summed E-state index contributed by atoms with van der Waals surface area (Å²) in [7, 11) is 0. The smallest absolute Gasteiger partial charge is 0.340 e. The van der Waals surface area contributed by atoms with Gasteiger partial charge in [0.1, 0.15) is 5.56 Å². The van der Waals surface area contributed by atoms with Crippen LogP contribution in [0.25, 0.3) is 0 Å². The number of nitrogens with two attached hydrogens (primary N) is 1. The van der Waals surface area contributed by atoms with Crippen LogP contribution in [0, 0.1) is 5.82 Å². The maximum atomic E-state index is 12.7. The molecule has 1 rings (SSSR count). The molecule has 0 amide bonds. The van der Waals surface area contributed by atoms with Gasteiger partial charge in [-0.15, -0.1) is 0 Å². The molecule has 0 saturated heterocycles. The Morgan fingerprint density at radius 1 is 1.64 bits per heavy atom. The van der Waals surface area contributed by atoms with Gasteiger partial charge in [0.25, 0.3) is 0 Å². The number of pyridine rings is 1. The number of aromatic carboxylic acids is 1. The predicted octanol–water partition coefficient (Wildman–Crippen LogP) is 0.501. The summed E-state index contributed by atoms with van der Waals surface area (Å²) >= 11 is 0. The number of hydrogen-bond donors (Lipinski definition) is 2. The van der Waals surface area contributed by atoms with Crippen LogP contribution in [0.3, 0.4) is 0 Å². The SMILES string of the molecule is Nc1cncc(C(=O)O)c1F. The minimum Gasteiger partial charge on any atom is -0.478 e. The van der Waals surface area contributed by atoms with E-state index in [9.17, 15) is 9.18 Å². The van der Waals surface area contributed by atoms with Gasteiger partial charge >= 0.3 is 5.97 Å². The quantitative estimate of drug-likeness (QED) is 0.620. The second kappa shape index (κ2) is 2.53. The summed E-state index contributed by atoms with van der Waals surface area (Å²) in [4.78, 5) is 13.7. The predicted molar refractivity (Wildman–Crippen MR) is 35.6 cm³/mol. The van der Waals surface area contributed by atoms with Crippen LogP contribution in [0.15, 0.2) is 12.4 Å². The Bertz CT molecular complexity index is 301. The highest BCUT2D eigenvalue weighted by atomic mass is 19.1. The van der Waals surface area contributed by atoms with Gasteiger partial charge < -0.3 is 10.8 Å². The van der Waals surface area contributed by atoms with E-state index in [1.807, 2.05) is 0 Å². The molecule has 0 fully saturated rings. The molecule has 0 aliphatic carbocycles. The van der Waals surface area contributed by atoms with Gasteiger partial charge in [-0.25, -0.2) is 9.18 Å². The van der Waals surface area contributed by atoms with E-state index >= 15 is 0 Å². The molecule has 1 aromatic heterocycles. The fourth-order valence-corrected chi connectivity index (χ4v) is 0.610. The third-order valence-corrected chi connectivity index (χ3v) is 1.14. The number of hydrogen-bond acceptors (Lipinski definition) is 3. The summed E-state index contributed by atoms with van der Waals surface area (Å²) in [5, 5.41) is 8.35. The molecular weight excluding hydrogens is 151 g/mol. The van der Waals surface area contributed by atoms with Crippen LogP contribution >= 0.6 is 0 Å². The van der Waals surface area contributed by atoms with Gasteiger partial charge in [0.15, 0.2) is 5.82 Å². The monoisotopic (exact) mass is 156 g/mol. The number of carboxylic acids is 1. The lowest BCUT2D eigenvalue weighted by atomic mass is 10.2. The van der Waals surface area contributed by atoms with Crippen molar-refractivity contribution in [2.45, 2.75) is 0 Å². The maximum Gasteiger partial charge on any atom is 0.340 e. The minimum atomic E-state index is -1.37. The summed E-state index contributed by atoms with van der Waals surface area (Å²) in [6.45, 7) is 0. The maximum absolute atomic E-state index is 12.7. The highest BCUT2D eigenvalue weighted by Crippen LogP contribution is 2.11. The lowest BCUT2D eigenvalue weighted by Gasteiger charge is -1.97. The first-order chi connectivity index (χ1) is 5.13. The van der Waals surface area contributed by atoms with E-state index in [0.717, 1.165) is 12.4 Å². The van der Waals surface area contributed by atoms with Crippen molar-refractivity contribution in [1.82, 2.24) is 4.98 Å². The van der Waals surface area contributed by atoms with Gasteiger partial charge in [0.05, 0.1) is 11.9 Å². The number of nitrogen functional groups attached to an aromatic ring is 1. The molecule has 4 nitrogen and oxygen atoms in total. The van der Waals surface area contributed by atoms with Gasteiger partial charge in [0, 0.05) is 6.20 Å². The number of carbonyl (C=O) groups is 1. The fraction of sp³-hybridized carbons (Fsp3) is 0. The van der Waals surface area contributed by atoms with E-state index in [1.165, 1.54) is 0 Å². The molecule has 0 aromatic carbocycles. The Morgan fingerprint density at radius 2 is 2.27 bits per heavy atom. The molecule has 0 saturated carbocycles. The van der Waals surface area contributed by atoms with Gasteiger partial charge in [-0.1, -0.05) is 0 Å². The second-order valence-corrected chi connectivity index (χ2v) is 1.90. The van der Waals surface area contributed by atoms with Crippen molar-refractivity contribution in [3.05, 3.63) is 23.8 Å². The van der Waals surface area contributed by atoms with Crippen molar-refractivity contribution in [3.63, 3.8) is 0 Å². The molecule has 1 heterocycles. The van der Waals surface area contributed by atoms with E-state index in [0.29, 0.717) is 0 Å². The fourth-order valence-electron chi connectivity index (χ4n) is 0.610. The van der Waals surface area contributed by atoms with Gasteiger partial charge in [0.2, 0.25) is 0 Å². The first kappa shape index (κ1) is 7.46. The van der Waals surface area contributed by atoms with Crippen molar-refractivity contribution in [1.29, 1.82) is 0 Å². The summed E-state index contributed by atoms with van der Waals surface area (Å²) in [5.74, 6) is -2.31. The molecule has 3 N–H and O–H groups in total. The Hall–Kier alpha value is -1.65. The van der Waals surface area contributed by atoms with Crippen molar-refractivity contribution >= 4 is 11.7 Å². The van der Waals surface area contributed by atoms with Crippen LogP contribution in [0.1, 0.15) is 10.4 Å². The molecule has 0 aliphatic heterocycles.